The van der Waals surface area contributed by atoms with E-state index in [1.807, 2.05) is 36.4 Å². The molecule has 17 heavy (non-hydrogen) atoms. The largest absolute Gasteiger partial charge is 0.198 e. The van der Waals surface area contributed by atoms with E-state index in [1.54, 1.807) is 0 Å². The summed E-state index contributed by atoms with van der Waals surface area (Å²) in [6.45, 7) is 0. The monoisotopic (exact) mass is 221 g/mol. The van der Waals surface area contributed by atoms with E-state index in [1.165, 1.54) is 11.1 Å². The first-order valence-corrected chi connectivity index (χ1v) is 5.86. The van der Waals surface area contributed by atoms with Crippen molar-refractivity contribution in [3.8, 4) is 6.07 Å². The number of nitriles is 1. The van der Waals surface area contributed by atoms with Crippen molar-refractivity contribution in [3.05, 3.63) is 71.8 Å². The summed E-state index contributed by atoms with van der Waals surface area (Å²) in [5.41, 5.74) is 2.46. The van der Waals surface area contributed by atoms with Gasteiger partial charge >= 0.3 is 0 Å². The molecule has 0 aliphatic carbocycles. The van der Waals surface area contributed by atoms with Crippen molar-refractivity contribution in [3.63, 3.8) is 0 Å². The Morgan fingerprint density at radius 3 is 1.53 bits per heavy atom. The van der Waals surface area contributed by atoms with Crippen LogP contribution in [0.25, 0.3) is 0 Å². The summed E-state index contributed by atoms with van der Waals surface area (Å²) in [6.07, 6.45) is 1.65. The van der Waals surface area contributed by atoms with Crippen molar-refractivity contribution >= 4 is 0 Å². The van der Waals surface area contributed by atoms with Gasteiger partial charge in [0.1, 0.15) is 0 Å². The molecule has 1 nitrogen and oxygen atoms in total. The lowest BCUT2D eigenvalue weighted by atomic mass is 9.94. The Labute approximate surface area is 102 Å². The lowest BCUT2D eigenvalue weighted by molar-refractivity contribution is 0.658. The standard InChI is InChI=1S/C16H15N/c17-13-16(11-14-7-3-1-4-8-14)12-15-9-5-2-6-10-15/h1-10,16H,11-12H2. The lowest BCUT2D eigenvalue weighted by Gasteiger charge is -2.09. The molecule has 0 aromatic heterocycles. The van der Waals surface area contributed by atoms with Gasteiger partial charge in [0.05, 0.1) is 12.0 Å². The molecule has 0 heterocycles. The van der Waals surface area contributed by atoms with Crippen LogP contribution < -0.4 is 0 Å². The zero-order valence-corrected chi connectivity index (χ0v) is 9.71. The third-order valence-electron chi connectivity index (χ3n) is 2.83. The summed E-state index contributed by atoms with van der Waals surface area (Å²) in [5.74, 6) is 0.0554. The van der Waals surface area contributed by atoms with Crippen LogP contribution in [0.2, 0.25) is 0 Å². The molecule has 2 rings (SSSR count). The highest BCUT2D eigenvalue weighted by Crippen LogP contribution is 2.13. The van der Waals surface area contributed by atoms with Gasteiger partial charge in [-0.15, -0.1) is 0 Å². The van der Waals surface area contributed by atoms with Crippen molar-refractivity contribution in [2.24, 2.45) is 5.92 Å². The first kappa shape index (κ1) is 11.4. The fraction of sp³-hybridized carbons (Fsp3) is 0.188. The lowest BCUT2D eigenvalue weighted by Crippen LogP contribution is -2.05. The van der Waals surface area contributed by atoms with E-state index in [0.717, 1.165) is 12.8 Å². The fourth-order valence-electron chi connectivity index (χ4n) is 1.96. The molecule has 0 saturated heterocycles. The number of nitrogens with zero attached hydrogens (tertiary/aromatic N) is 1. The zero-order chi connectivity index (χ0) is 11.9. The zero-order valence-electron chi connectivity index (χ0n) is 9.71. The topological polar surface area (TPSA) is 23.8 Å². The fourth-order valence-corrected chi connectivity index (χ4v) is 1.96. The van der Waals surface area contributed by atoms with Gasteiger partial charge in [0.2, 0.25) is 0 Å². The van der Waals surface area contributed by atoms with Crippen LogP contribution >= 0.6 is 0 Å². The SMILES string of the molecule is N#CC(Cc1ccccc1)Cc1ccccc1. The molecule has 0 bridgehead atoms. The predicted octanol–water partition coefficient (Wildman–Crippen LogP) is 3.61. The minimum Gasteiger partial charge on any atom is -0.198 e. The Bertz CT molecular complexity index is 440. The third kappa shape index (κ3) is 3.46. The quantitative estimate of drug-likeness (QED) is 0.773. The van der Waals surface area contributed by atoms with Gasteiger partial charge in [-0.05, 0) is 24.0 Å². The number of hydrogen-bond donors (Lipinski definition) is 0. The normalized spacial score (nSPS) is 10.1. The van der Waals surface area contributed by atoms with E-state index in [4.69, 9.17) is 0 Å². The van der Waals surface area contributed by atoms with Crippen LogP contribution in [0.1, 0.15) is 11.1 Å². The molecule has 0 spiro atoms. The van der Waals surface area contributed by atoms with E-state index >= 15 is 0 Å². The van der Waals surface area contributed by atoms with Gasteiger partial charge in [-0.25, -0.2) is 0 Å². The van der Waals surface area contributed by atoms with Gasteiger partial charge in [-0.3, -0.25) is 0 Å². The van der Waals surface area contributed by atoms with Crippen molar-refractivity contribution < 1.29 is 0 Å². The Morgan fingerprint density at radius 1 is 0.765 bits per heavy atom. The van der Waals surface area contributed by atoms with Crippen LogP contribution in [0.4, 0.5) is 0 Å². The molecular weight excluding hydrogens is 206 g/mol. The average molecular weight is 221 g/mol. The van der Waals surface area contributed by atoms with Gasteiger partial charge in [0.15, 0.2) is 0 Å². The summed E-state index contributed by atoms with van der Waals surface area (Å²) in [7, 11) is 0. The second-order valence-electron chi connectivity index (χ2n) is 4.21. The van der Waals surface area contributed by atoms with Crippen molar-refractivity contribution in [2.45, 2.75) is 12.8 Å². The summed E-state index contributed by atoms with van der Waals surface area (Å²) >= 11 is 0. The van der Waals surface area contributed by atoms with E-state index in [2.05, 4.69) is 30.3 Å². The maximum absolute atomic E-state index is 9.20. The first-order valence-electron chi connectivity index (χ1n) is 5.86. The number of benzene rings is 2. The van der Waals surface area contributed by atoms with Crippen LogP contribution in [0.3, 0.4) is 0 Å². The minimum atomic E-state index is 0.0554. The minimum absolute atomic E-state index is 0.0554. The van der Waals surface area contributed by atoms with E-state index < -0.39 is 0 Å². The van der Waals surface area contributed by atoms with Gasteiger partial charge in [-0.1, -0.05) is 60.7 Å². The van der Waals surface area contributed by atoms with E-state index in [0.29, 0.717) is 0 Å². The molecule has 2 aromatic carbocycles. The highest BCUT2D eigenvalue weighted by atomic mass is 14.3. The molecule has 0 aliphatic rings. The maximum Gasteiger partial charge on any atom is 0.0662 e. The smallest absolute Gasteiger partial charge is 0.0662 e. The molecule has 0 N–H and O–H groups in total. The van der Waals surface area contributed by atoms with Crippen LogP contribution in [0.5, 0.6) is 0 Å². The molecule has 0 aliphatic heterocycles. The van der Waals surface area contributed by atoms with Crippen molar-refractivity contribution in [1.29, 1.82) is 5.26 Å². The molecule has 0 unspecified atom stereocenters. The molecule has 0 radical (unpaired) electrons. The summed E-state index contributed by atoms with van der Waals surface area (Å²) in [5, 5.41) is 9.20. The van der Waals surface area contributed by atoms with Crippen LogP contribution in [0.15, 0.2) is 60.7 Å². The highest BCUT2D eigenvalue weighted by Gasteiger charge is 2.09. The highest BCUT2D eigenvalue weighted by molar-refractivity contribution is 5.20. The molecular formula is C16H15N. The Kier molecular flexibility index (Phi) is 3.94. The van der Waals surface area contributed by atoms with Gasteiger partial charge in [0.25, 0.3) is 0 Å². The van der Waals surface area contributed by atoms with Crippen LogP contribution in [0, 0.1) is 17.2 Å². The summed E-state index contributed by atoms with van der Waals surface area (Å²) in [4.78, 5) is 0. The summed E-state index contributed by atoms with van der Waals surface area (Å²) in [6, 6.07) is 22.8. The maximum atomic E-state index is 9.20. The molecule has 0 amide bonds. The van der Waals surface area contributed by atoms with Gasteiger partial charge in [-0.2, -0.15) is 5.26 Å². The van der Waals surface area contributed by atoms with Gasteiger partial charge in [0, 0.05) is 0 Å². The van der Waals surface area contributed by atoms with Crippen molar-refractivity contribution in [2.75, 3.05) is 0 Å². The first-order chi connectivity index (χ1) is 8.38. The van der Waals surface area contributed by atoms with E-state index in [-0.39, 0.29) is 5.92 Å². The van der Waals surface area contributed by atoms with Crippen molar-refractivity contribution in [1.82, 2.24) is 0 Å². The third-order valence-corrected chi connectivity index (χ3v) is 2.83. The van der Waals surface area contributed by atoms with Crippen LogP contribution in [-0.4, -0.2) is 0 Å². The van der Waals surface area contributed by atoms with Crippen LogP contribution in [-0.2, 0) is 12.8 Å². The Hall–Kier alpha value is -2.07. The predicted molar refractivity (Wildman–Crippen MR) is 69.4 cm³/mol. The van der Waals surface area contributed by atoms with Gasteiger partial charge < -0.3 is 0 Å². The average Bonchev–Trinajstić information content (AvgIpc) is 2.40. The summed E-state index contributed by atoms with van der Waals surface area (Å²) < 4.78 is 0. The Balaban J connectivity index is 2.01. The molecule has 0 saturated carbocycles. The molecule has 0 atom stereocenters. The molecule has 0 fully saturated rings. The second kappa shape index (κ2) is 5.86. The molecule has 1 heteroatoms. The molecule has 84 valence electrons. The van der Waals surface area contributed by atoms with E-state index in [9.17, 15) is 5.26 Å². The Morgan fingerprint density at radius 2 is 1.18 bits per heavy atom. The second-order valence-corrected chi connectivity index (χ2v) is 4.21. The number of hydrogen-bond acceptors (Lipinski definition) is 1. The number of rotatable bonds is 4. The molecule has 2 aromatic rings.